The van der Waals surface area contributed by atoms with Gasteiger partial charge in [-0.05, 0) is 29.5 Å². The van der Waals surface area contributed by atoms with Crippen molar-refractivity contribution < 1.29 is 0 Å². The summed E-state index contributed by atoms with van der Waals surface area (Å²) in [5, 5.41) is 0. The monoisotopic (exact) mass is 216 g/mol. The van der Waals surface area contributed by atoms with Gasteiger partial charge in [0.1, 0.15) is 0 Å². The van der Waals surface area contributed by atoms with E-state index in [-0.39, 0.29) is 0 Å². The molecule has 0 aromatic heterocycles. The van der Waals surface area contributed by atoms with Crippen LogP contribution in [0.5, 0.6) is 0 Å². The summed E-state index contributed by atoms with van der Waals surface area (Å²) >= 11 is 0. The molecule has 1 aromatic carbocycles. The maximum Gasteiger partial charge on any atom is 0.00233 e. The van der Waals surface area contributed by atoms with Crippen molar-refractivity contribution in [3.8, 4) is 0 Å². The highest BCUT2D eigenvalue weighted by Gasteiger charge is 2.21. The Labute approximate surface area is 100 Å². The molecule has 0 fully saturated rings. The molecule has 1 aliphatic rings. The van der Waals surface area contributed by atoms with E-state index in [2.05, 4.69) is 38.6 Å². The van der Waals surface area contributed by atoms with E-state index in [1.807, 2.05) is 13.8 Å². The van der Waals surface area contributed by atoms with Gasteiger partial charge in [0, 0.05) is 5.92 Å². The van der Waals surface area contributed by atoms with Gasteiger partial charge >= 0.3 is 0 Å². The van der Waals surface area contributed by atoms with E-state index in [1.54, 1.807) is 0 Å². The van der Waals surface area contributed by atoms with Crippen molar-refractivity contribution in [1.29, 1.82) is 0 Å². The third-order valence-corrected chi connectivity index (χ3v) is 3.25. The van der Waals surface area contributed by atoms with E-state index in [9.17, 15) is 0 Å². The van der Waals surface area contributed by atoms with Crippen molar-refractivity contribution in [2.45, 2.75) is 52.9 Å². The third kappa shape index (κ3) is 2.55. The first kappa shape index (κ1) is 13.0. The molecule has 0 heterocycles. The van der Waals surface area contributed by atoms with Crippen LogP contribution in [0.25, 0.3) is 0 Å². The SMILES string of the molecule is C=C1Cc2ccc(CCC)cc2C1C.CC. The minimum Gasteiger partial charge on any atom is -0.0989 e. The second kappa shape index (κ2) is 5.89. The predicted molar refractivity (Wildman–Crippen MR) is 73.0 cm³/mol. The van der Waals surface area contributed by atoms with E-state index < -0.39 is 0 Å². The van der Waals surface area contributed by atoms with Crippen LogP contribution in [-0.4, -0.2) is 0 Å². The smallest absolute Gasteiger partial charge is 0.00233 e. The highest BCUT2D eigenvalue weighted by Crippen LogP contribution is 2.36. The van der Waals surface area contributed by atoms with Gasteiger partial charge in [-0.1, -0.05) is 64.5 Å². The second-order valence-corrected chi connectivity index (χ2v) is 4.34. The molecule has 0 amide bonds. The Balaban J connectivity index is 0.000000606. The maximum absolute atomic E-state index is 4.13. The molecule has 1 aromatic rings. The standard InChI is InChI=1S/C14H18.C2H6/c1-4-5-12-6-7-13-8-10(2)11(3)14(13)9-12;1-2/h6-7,9,11H,2,4-5,8H2,1,3H3;1-2H3. The Morgan fingerprint density at radius 2 is 2.00 bits per heavy atom. The second-order valence-electron chi connectivity index (χ2n) is 4.34. The molecule has 0 radical (unpaired) electrons. The van der Waals surface area contributed by atoms with Crippen LogP contribution in [0.4, 0.5) is 0 Å². The lowest BCUT2D eigenvalue weighted by Gasteiger charge is -2.07. The number of benzene rings is 1. The van der Waals surface area contributed by atoms with Gasteiger partial charge in [0.2, 0.25) is 0 Å². The van der Waals surface area contributed by atoms with Crippen LogP contribution < -0.4 is 0 Å². The lowest BCUT2D eigenvalue weighted by molar-refractivity contribution is 0.902. The van der Waals surface area contributed by atoms with E-state index >= 15 is 0 Å². The average molecular weight is 216 g/mol. The van der Waals surface area contributed by atoms with Gasteiger partial charge < -0.3 is 0 Å². The topological polar surface area (TPSA) is 0 Å². The molecule has 0 aliphatic heterocycles. The van der Waals surface area contributed by atoms with Crippen LogP contribution in [0.3, 0.4) is 0 Å². The van der Waals surface area contributed by atoms with Gasteiger partial charge in [-0.15, -0.1) is 0 Å². The van der Waals surface area contributed by atoms with Crippen LogP contribution in [0, 0.1) is 0 Å². The van der Waals surface area contributed by atoms with Crippen molar-refractivity contribution in [1.82, 2.24) is 0 Å². The molecule has 1 unspecified atom stereocenters. The Hall–Kier alpha value is -1.04. The van der Waals surface area contributed by atoms with E-state index in [0.717, 1.165) is 6.42 Å². The molecule has 0 N–H and O–H groups in total. The fraction of sp³-hybridized carbons (Fsp3) is 0.500. The van der Waals surface area contributed by atoms with Crippen LogP contribution >= 0.6 is 0 Å². The molecule has 0 bridgehead atoms. The van der Waals surface area contributed by atoms with Crippen LogP contribution in [0.1, 0.15) is 56.7 Å². The van der Waals surface area contributed by atoms with Gasteiger partial charge in [-0.2, -0.15) is 0 Å². The predicted octanol–water partition coefficient (Wildman–Crippen LogP) is 4.88. The highest BCUT2D eigenvalue weighted by molar-refractivity contribution is 5.46. The van der Waals surface area contributed by atoms with Crippen LogP contribution in [-0.2, 0) is 12.8 Å². The summed E-state index contributed by atoms with van der Waals surface area (Å²) in [6.07, 6.45) is 3.52. The molecular formula is C16H24. The molecule has 0 nitrogen and oxygen atoms in total. The van der Waals surface area contributed by atoms with E-state index in [4.69, 9.17) is 0 Å². The summed E-state index contributed by atoms with van der Waals surface area (Å²) < 4.78 is 0. The number of hydrogen-bond acceptors (Lipinski definition) is 0. The number of rotatable bonds is 2. The first-order valence-corrected chi connectivity index (χ1v) is 6.51. The summed E-state index contributed by atoms with van der Waals surface area (Å²) in [5.74, 6) is 0.571. The van der Waals surface area contributed by atoms with Crippen molar-refractivity contribution >= 4 is 0 Å². The maximum atomic E-state index is 4.13. The molecular weight excluding hydrogens is 192 g/mol. The number of fused-ring (bicyclic) bond motifs is 1. The summed E-state index contributed by atoms with van der Waals surface area (Å²) in [6, 6.07) is 6.93. The molecule has 0 saturated carbocycles. The zero-order chi connectivity index (χ0) is 12.1. The molecule has 1 atom stereocenters. The van der Waals surface area contributed by atoms with Crippen molar-refractivity contribution in [3.05, 3.63) is 47.0 Å². The van der Waals surface area contributed by atoms with Crippen LogP contribution in [0.15, 0.2) is 30.4 Å². The van der Waals surface area contributed by atoms with E-state index in [0.29, 0.717) is 5.92 Å². The van der Waals surface area contributed by atoms with Gasteiger partial charge in [0.05, 0.1) is 0 Å². The van der Waals surface area contributed by atoms with Gasteiger partial charge in [-0.3, -0.25) is 0 Å². The van der Waals surface area contributed by atoms with Gasteiger partial charge in [-0.25, -0.2) is 0 Å². The Morgan fingerprint density at radius 3 is 2.62 bits per heavy atom. The van der Waals surface area contributed by atoms with Gasteiger partial charge in [0.25, 0.3) is 0 Å². The zero-order valence-electron chi connectivity index (χ0n) is 11.1. The van der Waals surface area contributed by atoms with Crippen molar-refractivity contribution in [2.24, 2.45) is 0 Å². The molecule has 0 saturated heterocycles. The van der Waals surface area contributed by atoms with Crippen LogP contribution in [0.2, 0.25) is 0 Å². The minimum atomic E-state index is 0.571. The largest absolute Gasteiger partial charge is 0.0989 e. The quantitative estimate of drug-likeness (QED) is 0.618. The zero-order valence-corrected chi connectivity index (χ0v) is 11.1. The molecule has 0 heteroatoms. The van der Waals surface area contributed by atoms with Crippen molar-refractivity contribution in [3.63, 3.8) is 0 Å². The van der Waals surface area contributed by atoms with E-state index in [1.165, 1.54) is 35.1 Å². The molecule has 2 rings (SSSR count). The summed E-state index contributed by atoms with van der Waals surface area (Å²) in [7, 11) is 0. The Kier molecular flexibility index (Phi) is 4.79. The summed E-state index contributed by atoms with van der Waals surface area (Å²) in [6.45, 7) is 12.6. The average Bonchev–Trinajstić information content (AvgIpc) is 2.59. The number of hydrogen-bond donors (Lipinski definition) is 0. The molecule has 16 heavy (non-hydrogen) atoms. The normalized spacial score (nSPS) is 17.8. The third-order valence-electron chi connectivity index (χ3n) is 3.25. The fourth-order valence-electron chi connectivity index (χ4n) is 2.27. The fourth-order valence-corrected chi connectivity index (χ4v) is 2.27. The lowest BCUT2D eigenvalue weighted by atomic mass is 9.98. The van der Waals surface area contributed by atoms with Gasteiger partial charge in [0.15, 0.2) is 0 Å². The first-order chi connectivity index (χ1) is 7.72. The molecule has 88 valence electrons. The Morgan fingerprint density at radius 1 is 1.31 bits per heavy atom. The Bertz CT molecular complexity index is 360. The molecule has 0 spiro atoms. The first-order valence-electron chi connectivity index (χ1n) is 6.51. The summed E-state index contributed by atoms with van der Waals surface area (Å²) in [5.41, 5.74) is 5.85. The number of aryl methyl sites for hydroxylation is 1. The van der Waals surface area contributed by atoms with Crippen molar-refractivity contribution in [2.75, 3.05) is 0 Å². The molecule has 1 aliphatic carbocycles. The summed E-state index contributed by atoms with van der Waals surface area (Å²) in [4.78, 5) is 0. The lowest BCUT2D eigenvalue weighted by Crippen LogP contribution is -1.91. The minimum absolute atomic E-state index is 0.571. The number of allylic oxidation sites excluding steroid dienone is 1. The highest BCUT2D eigenvalue weighted by atomic mass is 14.3.